The molecule has 8 heteroatoms. The number of hydrogen-bond acceptors (Lipinski definition) is 5. The number of imidazole rings is 1. The van der Waals surface area contributed by atoms with E-state index in [4.69, 9.17) is 23.1 Å². The Morgan fingerprint density at radius 1 is 1.69 bits per heavy atom. The van der Waals surface area contributed by atoms with E-state index in [1.54, 1.807) is 0 Å². The van der Waals surface area contributed by atoms with Gasteiger partial charge in [0, 0.05) is 0 Å². The second kappa shape index (κ2) is 3.35. The van der Waals surface area contributed by atoms with E-state index in [-0.39, 0.29) is 0 Å². The molecule has 2 aromatic rings. The van der Waals surface area contributed by atoms with E-state index in [1.165, 1.54) is 24.1 Å². The van der Waals surface area contributed by atoms with E-state index in [1.807, 2.05) is 0 Å². The molecule has 1 atom stereocenters. The maximum Gasteiger partial charge on any atom is 0.344 e. The average Bonchev–Trinajstić information content (AvgIpc) is 2.63. The first kappa shape index (κ1) is 10.7. The van der Waals surface area contributed by atoms with Crippen LogP contribution in [0, 0.1) is 4.64 Å². The Balaban J connectivity index is 2.77. The van der Waals surface area contributed by atoms with Gasteiger partial charge in [0.15, 0.2) is 10.3 Å². The lowest BCUT2D eigenvalue weighted by atomic mass is 10.2. The molecular formula is C8H9N5O2S. The van der Waals surface area contributed by atoms with Crippen LogP contribution < -0.4 is 5.73 Å². The van der Waals surface area contributed by atoms with Crippen molar-refractivity contribution in [1.82, 2.24) is 19.5 Å². The monoisotopic (exact) mass is 239 g/mol. The van der Waals surface area contributed by atoms with Crippen LogP contribution in [-0.4, -0.2) is 30.6 Å². The Hall–Kier alpha value is -1.80. The number of nitrogens with one attached hydrogen (secondary N) is 1. The summed E-state index contributed by atoms with van der Waals surface area (Å²) in [6, 6.07) is 0. The number of fused-ring (bicyclic) bond motifs is 1. The summed E-state index contributed by atoms with van der Waals surface area (Å²) in [6.07, 6.45) is 2.70. The molecule has 0 saturated heterocycles. The smallest absolute Gasteiger partial charge is 0.344 e. The van der Waals surface area contributed by atoms with Crippen LogP contribution in [0.5, 0.6) is 0 Å². The van der Waals surface area contributed by atoms with Crippen LogP contribution in [0.3, 0.4) is 0 Å². The molecule has 0 unspecified atom stereocenters. The third-order valence-corrected chi connectivity index (χ3v) is 2.59. The van der Waals surface area contributed by atoms with Crippen molar-refractivity contribution in [2.75, 3.05) is 0 Å². The number of aromatic nitrogens is 4. The number of aromatic amines is 1. The van der Waals surface area contributed by atoms with Crippen molar-refractivity contribution >= 4 is 29.4 Å². The highest BCUT2D eigenvalue weighted by Gasteiger charge is 2.31. The lowest BCUT2D eigenvalue weighted by Crippen LogP contribution is -2.47. The Kier molecular flexibility index (Phi) is 2.25. The lowest BCUT2D eigenvalue weighted by Gasteiger charge is -2.21. The summed E-state index contributed by atoms with van der Waals surface area (Å²) in [6.45, 7) is 1.37. The van der Waals surface area contributed by atoms with Gasteiger partial charge in [-0.2, -0.15) is 0 Å². The van der Waals surface area contributed by atoms with E-state index < -0.39 is 11.6 Å². The van der Waals surface area contributed by atoms with Crippen molar-refractivity contribution in [2.45, 2.75) is 12.6 Å². The number of nitrogens with zero attached hydrogens (tertiary/aromatic N) is 3. The molecule has 7 nitrogen and oxygen atoms in total. The predicted octanol–water partition coefficient (Wildman–Crippen LogP) is 0.205. The topological polar surface area (TPSA) is 110 Å². The molecule has 0 radical (unpaired) electrons. The maximum atomic E-state index is 11.0. The van der Waals surface area contributed by atoms with Gasteiger partial charge in [-0.25, -0.2) is 14.8 Å². The molecule has 2 aromatic heterocycles. The summed E-state index contributed by atoms with van der Waals surface area (Å²) in [5.74, 6) is -1.16. The molecule has 2 heterocycles. The first-order valence-corrected chi connectivity index (χ1v) is 4.79. The van der Waals surface area contributed by atoms with E-state index in [2.05, 4.69) is 15.0 Å². The number of rotatable bonds is 2. The SMILES string of the molecule is C[C@](N)(C(=O)O)n1cnc2c(=S)nc[nH]c21. The zero-order valence-electron chi connectivity index (χ0n) is 8.34. The van der Waals surface area contributed by atoms with Crippen molar-refractivity contribution in [1.29, 1.82) is 0 Å². The van der Waals surface area contributed by atoms with E-state index in [0.29, 0.717) is 15.8 Å². The van der Waals surface area contributed by atoms with Crippen LogP contribution >= 0.6 is 12.2 Å². The van der Waals surface area contributed by atoms with Crippen molar-refractivity contribution in [3.05, 3.63) is 17.3 Å². The fourth-order valence-corrected chi connectivity index (χ4v) is 1.51. The first-order chi connectivity index (χ1) is 7.44. The van der Waals surface area contributed by atoms with Crippen LogP contribution in [-0.2, 0) is 10.5 Å². The number of carboxylic acid groups (broad SMARTS) is 1. The van der Waals surface area contributed by atoms with Gasteiger partial charge in [-0.3, -0.25) is 10.3 Å². The zero-order valence-corrected chi connectivity index (χ0v) is 9.15. The van der Waals surface area contributed by atoms with Gasteiger partial charge in [-0.15, -0.1) is 0 Å². The molecule has 0 aromatic carbocycles. The average molecular weight is 239 g/mol. The Labute approximate surface area is 94.9 Å². The predicted molar refractivity (Wildman–Crippen MR) is 58.2 cm³/mol. The van der Waals surface area contributed by atoms with Crippen molar-refractivity contribution in [3.63, 3.8) is 0 Å². The molecule has 2 rings (SSSR count). The largest absolute Gasteiger partial charge is 0.478 e. The Bertz CT molecular complexity index is 614. The molecule has 0 saturated carbocycles. The molecule has 0 spiro atoms. The second-order valence-electron chi connectivity index (χ2n) is 3.47. The highest BCUT2D eigenvalue weighted by atomic mass is 32.1. The van der Waals surface area contributed by atoms with Crippen molar-refractivity contribution in [2.24, 2.45) is 5.73 Å². The fourth-order valence-electron chi connectivity index (χ4n) is 1.31. The molecule has 0 fully saturated rings. The highest BCUT2D eigenvalue weighted by Crippen LogP contribution is 2.16. The number of nitrogens with two attached hydrogens (primary N) is 1. The third kappa shape index (κ3) is 1.39. The first-order valence-electron chi connectivity index (χ1n) is 4.38. The van der Waals surface area contributed by atoms with Crippen molar-refractivity contribution in [3.8, 4) is 0 Å². The summed E-state index contributed by atoms with van der Waals surface area (Å²) in [7, 11) is 0. The molecule has 16 heavy (non-hydrogen) atoms. The van der Waals surface area contributed by atoms with Gasteiger partial charge >= 0.3 is 5.97 Å². The normalized spacial score (nSPS) is 14.9. The minimum Gasteiger partial charge on any atom is -0.478 e. The summed E-state index contributed by atoms with van der Waals surface area (Å²) < 4.78 is 1.61. The maximum absolute atomic E-state index is 11.0. The molecule has 4 N–H and O–H groups in total. The van der Waals surface area contributed by atoms with Crippen LogP contribution in [0.4, 0.5) is 0 Å². The molecule has 0 aliphatic heterocycles. The summed E-state index contributed by atoms with van der Waals surface area (Å²) in [4.78, 5) is 21.6. The standard InChI is InChI=1S/C8H9N5O2S/c1-8(9,7(14)15)13-3-12-4-5(13)10-2-11-6(4)16/h2-3H,9H2,1H3,(H,14,15)(H,10,11,16)/t8-/m1/s1. The third-order valence-electron chi connectivity index (χ3n) is 2.29. The van der Waals surface area contributed by atoms with Crippen LogP contribution in [0.1, 0.15) is 6.92 Å². The number of aliphatic carboxylic acids is 1. The van der Waals surface area contributed by atoms with Crippen LogP contribution in [0.2, 0.25) is 0 Å². The summed E-state index contributed by atoms with van der Waals surface area (Å²) in [5, 5.41) is 9.01. The van der Waals surface area contributed by atoms with E-state index >= 15 is 0 Å². The van der Waals surface area contributed by atoms with E-state index in [9.17, 15) is 4.79 Å². The summed E-state index contributed by atoms with van der Waals surface area (Å²) >= 11 is 4.96. The van der Waals surface area contributed by atoms with Gasteiger partial charge < -0.3 is 10.1 Å². The minimum absolute atomic E-state index is 0.300. The number of carboxylic acids is 1. The molecule has 0 aliphatic rings. The van der Waals surface area contributed by atoms with Gasteiger partial charge in [-0.05, 0) is 6.92 Å². The van der Waals surface area contributed by atoms with Gasteiger partial charge in [-0.1, -0.05) is 12.2 Å². The molecule has 0 amide bonds. The van der Waals surface area contributed by atoms with Gasteiger partial charge in [0.1, 0.15) is 11.2 Å². The Morgan fingerprint density at radius 2 is 2.38 bits per heavy atom. The number of carbonyl (C=O) groups is 1. The highest BCUT2D eigenvalue weighted by molar-refractivity contribution is 7.71. The summed E-state index contributed by atoms with van der Waals surface area (Å²) in [5.41, 5.74) is 4.97. The second-order valence-corrected chi connectivity index (χ2v) is 3.86. The molecular weight excluding hydrogens is 230 g/mol. The lowest BCUT2D eigenvalue weighted by molar-refractivity contribution is -0.146. The molecule has 84 valence electrons. The van der Waals surface area contributed by atoms with Gasteiger partial charge in [0.2, 0.25) is 0 Å². The number of hydrogen-bond donors (Lipinski definition) is 3. The molecule has 0 bridgehead atoms. The minimum atomic E-state index is -1.59. The van der Waals surface area contributed by atoms with Gasteiger partial charge in [0.05, 0.1) is 12.7 Å². The van der Waals surface area contributed by atoms with Gasteiger partial charge in [0.25, 0.3) is 0 Å². The molecule has 0 aliphatic carbocycles. The van der Waals surface area contributed by atoms with Crippen molar-refractivity contribution < 1.29 is 9.90 Å². The zero-order chi connectivity index (χ0) is 11.9. The Morgan fingerprint density at radius 3 is 3.00 bits per heavy atom. The quantitative estimate of drug-likeness (QED) is 0.646. The van der Waals surface area contributed by atoms with Crippen LogP contribution in [0.15, 0.2) is 12.7 Å². The van der Waals surface area contributed by atoms with Crippen LogP contribution in [0.25, 0.3) is 11.2 Å². The number of H-pyrrole nitrogens is 1. The fraction of sp³-hybridized carbons (Fsp3) is 0.250. The van der Waals surface area contributed by atoms with E-state index in [0.717, 1.165) is 0 Å².